The summed E-state index contributed by atoms with van der Waals surface area (Å²) in [5.41, 5.74) is 1.93. The number of amides is 1. The lowest BCUT2D eigenvalue weighted by Gasteiger charge is -2.43. The lowest BCUT2D eigenvalue weighted by Crippen LogP contribution is -3.06. The number of hydrogen-bond donors (Lipinski definition) is 2. The fraction of sp³-hybridized carbons (Fsp3) is 0.550. The first-order valence-electron chi connectivity index (χ1n) is 8.88. The Morgan fingerprint density at radius 1 is 1.28 bits per heavy atom. The van der Waals surface area contributed by atoms with Crippen LogP contribution < -0.4 is 15.4 Å². The van der Waals surface area contributed by atoms with E-state index in [1.807, 2.05) is 18.2 Å². The highest BCUT2D eigenvalue weighted by Crippen LogP contribution is 2.26. The standard InChI is InChI=1S/C20H28N2O3/c1-19(2)10-14(11-20(3,4)22-19)21-18(23)8-13-12-25-17-9-15(24-5)6-7-16(13)17/h6-7,9,12,14,22H,8,10-11H2,1-5H3,(H,21,23)/p+1. The minimum absolute atomic E-state index is 0.0528. The summed E-state index contributed by atoms with van der Waals surface area (Å²) >= 11 is 0. The number of ether oxygens (including phenoxy) is 1. The second kappa shape index (κ2) is 6.37. The molecule has 0 radical (unpaired) electrons. The fourth-order valence-corrected chi connectivity index (χ4v) is 4.40. The number of carbonyl (C=O) groups excluding carboxylic acids is 1. The van der Waals surface area contributed by atoms with E-state index in [0.29, 0.717) is 6.42 Å². The zero-order chi connectivity index (χ0) is 18.2. The summed E-state index contributed by atoms with van der Waals surface area (Å²) in [4.78, 5) is 12.6. The van der Waals surface area contributed by atoms with Crippen LogP contribution in [0.2, 0.25) is 0 Å². The fourth-order valence-electron chi connectivity index (χ4n) is 4.40. The summed E-state index contributed by atoms with van der Waals surface area (Å²) in [6.07, 6.45) is 3.96. The van der Waals surface area contributed by atoms with Crippen LogP contribution in [-0.4, -0.2) is 30.1 Å². The third-order valence-electron chi connectivity index (χ3n) is 4.91. The molecule has 0 spiro atoms. The molecule has 0 aliphatic carbocycles. The number of nitrogens with one attached hydrogen (secondary N) is 1. The highest BCUT2D eigenvalue weighted by Gasteiger charge is 2.42. The molecule has 0 saturated carbocycles. The number of quaternary nitrogens is 1. The van der Waals surface area contributed by atoms with Gasteiger partial charge in [0.25, 0.3) is 0 Å². The number of furan rings is 1. The first-order chi connectivity index (χ1) is 11.7. The third-order valence-corrected chi connectivity index (χ3v) is 4.91. The lowest BCUT2D eigenvalue weighted by molar-refractivity contribution is -0.787. The van der Waals surface area contributed by atoms with Crippen molar-refractivity contribution >= 4 is 16.9 Å². The van der Waals surface area contributed by atoms with Crippen LogP contribution in [0.25, 0.3) is 11.0 Å². The minimum Gasteiger partial charge on any atom is -0.497 e. The van der Waals surface area contributed by atoms with E-state index in [4.69, 9.17) is 9.15 Å². The summed E-state index contributed by atoms with van der Waals surface area (Å²) in [5.74, 6) is 0.804. The molecule has 1 aromatic heterocycles. The molecular weight excluding hydrogens is 316 g/mol. The van der Waals surface area contributed by atoms with E-state index >= 15 is 0 Å². The second-order valence-electron chi connectivity index (χ2n) is 8.59. The first kappa shape index (κ1) is 17.8. The number of carbonyl (C=O) groups is 1. The van der Waals surface area contributed by atoms with Gasteiger partial charge in [-0.05, 0) is 39.8 Å². The van der Waals surface area contributed by atoms with Crippen molar-refractivity contribution in [3.63, 3.8) is 0 Å². The predicted octanol–water partition coefficient (Wildman–Crippen LogP) is 2.38. The van der Waals surface area contributed by atoms with Crippen molar-refractivity contribution in [2.75, 3.05) is 7.11 Å². The molecule has 1 amide bonds. The summed E-state index contributed by atoms with van der Waals surface area (Å²) in [6.45, 7) is 8.96. The Hall–Kier alpha value is -2.01. The molecule has 1 saturated heterocycles. The molecule has 2 heterocycles. The van der Waals surface area contributed by atoms with Gasteiger partial charge in [0.2, 0.25) is 5.91 Å². The van der Waals surface area contributed by atoms with Gasteiger partial charge in [-0.2, -0.15) is 0 Å². The Morgan fingerprint density at radius 3 is 2.60 bits per heavy atom. The lowest BCUT2D eigenvalue weighted by atomic mass is 9.79. The molecule has 0 bridgehead atoms. The van der Waals surface area contributed by atoms with Gasteiger partial charge in [-0.1, -0.05) is 0 Å². The number of fused-ring (bicyclic) bond motifs is 1. The van der Waals surface area contributed by atoms with Gasteiger partial charge in [0.1, 0.15) is 11.3 Å². The van der Waals surface area contributed by atoms with E-state index in [1.54, 1.807) is 13.4 Å². The van der Waals surface area contributed by atoms with E-state index in [9.17, 15) is 4.79 Å². The van der Waals surface area contributed by atoms with Crippen LogP contribution in [0.1, 0.15) is 46.1 Å². The van der Waals surface area contributed by atoms with Crippen molar-refractivity contribution in [3.05, 3.63) is 30.0 Å². The largest absolute Gasteiger partial charge is 0.497 e. The van der Waals surface area contributed by atoms with Gasteiger partial charge in [0.05, 0.1) is 30.9 Å². The average Bonchev–Trinajstić information content (AvgIpc) is 2.85. The van der Waals surface area contributed by atoms with Crippen LogP contribution in [0, 0.1) is 0 Å². The van der Waals surface area contributed by atoms with Gasteiger partial charge in [0.15, 0.2) is 0 Å². The Labute approximate surface area is 149 Å². The van der Waals surface area contributed by atoms with Gasteiger partial charge in [-0.25, -0.2) is 0 Å². The van der Waals surface area contributed by atoms with Gasteiger partial charge in [-0.3, -0.25) is 4.79 Å². The molecule has 1 aliphatic heterocycles. The van der Waals surface area contributed by atoms with Gasteiger partial charge < -0.3 is 19.8 Å². The summed E-state index contributed by atoms with van der Waals surface area (Å²) in [6, 6.07) is 5.89. The molecule has 1 aliphatic rings. The summed E-state index contributed by atoms with van der Waals surface area (Å²) < 4.78 is 10.8. The zero-order valence-corrected chi connectivity index (χ0v) is 15.8. The number of rotatable bonds is 4. The monoisotopic (exact) mass is 345 g/mol. The Kier molecular flexibility index (Phi) is 4.54. The molecule has 5 nitrogen and oxygen atoms in total. The van der Waals surface area contributed by atoms with Crippen molar-refractivity contribution in [2.24, 2.45) is 0 Å². The summed E-state index contributed by atoms with van der Waals surface area (Å²) in [5, 5.41) is 6.61. The number of piperidine rings is 1. The SMILES string of the molecule is COc1ccc2c(CC(=O)NC3CC(C)(C)[NH2+]C(C)(C)C3)coc2c1. The maximum absolute atomic E-state index is 12.6. The number of hydrogen-bond acceptors (Lipinski definition) is 3. The second-order valence-corrected chi connectivity index (χ2v) is 8.59. The zero-order valence-electron chi connectivity index (χ0n) is 15.8. The van der Waals surface area contributed by atoms with Crippen LogP contribution in [0.4, 0.5) is 0 Å². The quantitative estimate of drug-likeness (QED) is 0.894. The summed E-state index contributed by atoms with van der Waals surface area (Å²) in [7, 11) is 1.63. The predicted molar refractivity (Wildman–Crippen MR) is 97.7 cm³/mol. The van der Waals surface area contributed by atoms with Crippen LogP contribution in [0.3, 0.4) is 0 Å². The van der Waals surface area contributed by atoms with E-state index in [-0.39, 0.29) is 23.0 Å². The molecule has 0 atom stereocenters. The molecule has 2 aromatic rings. The van der Waals surface area contributed by atoms with Crippen LogP contribution in [0.5, 0.6) is 5.75 Å². The molecule has 25 heavy (non-hydrogen) atoms. The minimum atomic E-state index is 0.0528. The van der Waals surface area contributed by atoms with Crippen molar-refractivity contribution in [3.8, 4) is 5.75 Å². The number of benzene rings is 1. The van der Waals surface area contributed by atoms with Gasteiger partial charge in [-0.15, -0.1) is 0 Å². The van der Waals surface area contributed by atoms with Crippen molar-refractivity contribution < 1.29 is 19.3 Å². The highest BCUT2D eigenvalue weighted by molar-refractivity contribution is 5.88. The van der Waals surface area contributed by atoms with E-state index in [0.717, 1.165) is 35.1 Å². The number of methoxy groups -OCH3 is 1. The van der Waals surface area contributed by atoms with Gasteiger partial charge >= 0.3 is 0 Å². The van der Waals surface area contributed by atoms with Crippen molar-refractivity contribution in [1.29, 1.82) is 0 Å². The maximum atomic E-state index is 12.6. The third kappa shape index (κ3) is 4.15. The normalized spacial score (nSPS) is 19.7. The van der Waals surface area contributed by atoms with Gasteiger partial charge in [0, 0.05) is 35.9 Å². The van der Waals surface area contributed by atoms with Crippen molar-refractivity contribution in [2.45, 2.75) is 64.1 Å². The molecule has 3 rings (SSSR count). The molecule has 1 fully saturated rings. The molecular formula is C20H29N2O3+. The van der Waals surface area contributed by atoms with Crippen LogP contribution in [0.15, 0.2) is 28.9 Å². The maximum Gasteiger partial charge on any atom is 0.224 e. The Balaban J connectivity index is 1.68. The van der Waals surface area contributed by atoms with E-state index < -0.39 is 0 Å². The smallest absolute Gasteiger partial charge is 0.224 e. The first-order valence-corrected chi connectivity index (χ1v) is 8.88. The highest BCUT2D eigenvalue weighted by atomic mass is 16.5. The molecule has 1 aromatic carbocycles. The number of nitrogens with two attached hydrogens (primary N) is 1. The molecule has 5 heteroatoms. The van der Waals surface area contributed by atoms with Crippen LogP contribution in [-0.2, 0) is 11.2 Å². The molecule has 0 unspecified atom stereocenters. The topological polar surface area (TPSA) is 68.1 Å². The average molecular weight is 345 g/mol. The molecule has 3 N–H and O–H groups in total. The molecule has 136 valence electrons. The van der Waals surface area contributed by atoms with Crippen molar-refractivity contribution in [1.82, 2.24) is 5.32 Å². The Bertz CT molecular complexity index is 760. The Morgan fingerprint density at radius 2 is 1.96 bits per heavy atom. The van der Waals surface area contributed by atoms with E-state index in [1.165, 1.54) is 0 Å². The van der Waals surface area contributed by atoms with E-state index in [2.05, 4.69) is 38.3 Å². The van der Waals surface area contributed by atoms with Crippen LogP contribution >= 0.6 is 0 Å².